The molecule has 3 aromatic carbocycles. The summed E-state index contributed by atoms with van der Waals surface area (Å²) in [5.74, 6) is 0.993. The van der Waals surface area contributed by atoms with Crippen molar-refractivity contribution in [2.24, 2.45) is 7.05 Å². The molecule has 0 aliphatic rings. The molecule has 0 fully saturated rings. The van der Waals surface area contributed by atoms with E-state index in [-0.39, 0.29) is 17.7 Å². The molecule has 0 saturated carbocycles. The summed E-state index contributed by atoms with van der Waals surface area (Å²) in [5, 5.41) is 12.5. The van der Waals surface area contributed by atoms with Crippen molar-refractivity contribution in [1.82, 2.24) is 20.1 Å². The maximum Gasteiger partial charge on any atom is 0.231 e. The molecule has 0 radical (unpaired) electrons. The van der Waals surface area contributed by atoms with E-state index in [1.165, 1.54) is 17.3 Å². The number of hydrogen-bond acceptors (Lipinski definition) is 4. The lowest BCUT2D eigenvalue weighted by molar-refractivity contribution is -0.119. The number of carbonyl (C=O) groups is 1. The van der Waals surface area contributed by atoms with Crippen LogP contribution in [0.4, 0.5) is 0 Å². The lowest BCUT2D eigenvalue weighted by Crippen LogP contribution is -2.30. The zero-order valence-corrected chi connectivity index (χ0v) is 18.3. The fraction of sp³-hybridized carbons (Fsp3) is 0.160. The first-order chi connectivity index (χ1) is 15.1. The molecule has 31 heavy (non-hydrogen) atoms. The Bertz CT molecular complexity index is 1100. The quantitative estimate of drug-likeness (QED) is 0.430. The van der Waals surface area contributed by atoms with Gasteiger partial charge >= 0.3 is 0 Å². The molecule has 1 N–H and O–H groups in total. The SMILES string of the molecule is Cc1ccc(-c2nnc(SCC(=O)NC(c3ccccc3)c3ccccc3)n2C)cc1. The molecule has 6 heteroatoms. The zero-order chi connectivity index (χ0) is 21.6. The normalized spacial score (nSPS) is 10.9. The first-order valence-electron chi connectivity index (χ1n) is 10.1. The van der Waals surface area contributed by atoms with Crippen molar-refractivity contribution >= 4 is 17.7 Å². The highest BCUT2D eigenvalue weighted by atomic mass is 32.2. The van der Waals surface area contributed by atoms with Gasteiger partial charge < -0.3 is 9.88 Å². The Labute approximate surface area is 186 Å². The van der Waals surface area contributed by atoms with Crippen LogP contribution < -0.4 is 5.32 Å². The predicted molar refractivity (Wildman–Crippen MR) is 125 cm³/mol. The van der Waals surface area contributed by atoms with Crippen LogP contribution >= 0.6 is 11.8 Å². The number of thioether (sulfide) groups is 1. The molecule has 0 unspecified atom stereocenters. The number of rotatable bonds is 7. The highest BCUT2D eigenvalue weighted by Gasteiger charge is 2.18. The molecule has 1 aromatic heterocycles. The second-order valence-electron chi connectivity index (χ2n) is 7.34. The van der Waals surface area contributed by atoms with E-state index in [9.17, 15) is 4.79 Å². The molecule has 5 nitrogen and oxygen atoms in total. The molecule has 0 saturated heterocycles. The summed E-state index contributed by atoms with van der Waals surface area (Å²) >= 11 is 1.38. The second kappa shape index (κ2) is 9.62. The van der Waals surface area contributed by atoms with Crippen molar-refractivity contribution in [2.75, 3.05) is 5.75 Å². The minimum Gasteiger partial charge on any atom is -0.344 e. The number of amides is 1. The van der Waals surface area contributed by atoms with Crippen LogP contribution in [0.1, 0.15) is 22.7 Å². The van der Waals surface area contributed by atoms with Crippen LogP contribution in [0.25, 0.3) is 11.4 Å². The number of nitrogens with zero attached hydrogens (tertiary/aromatic N) is 3. The van der Waals surface area contributed by atoms with E-state index >= 15 is 0 Å². The van der Waals surface area contributed by atoms with Crippen molar-refractivity contribution < 1.29 is 4.79 Å². The third kappa shape index (κ3) is 5.03. The minimum atomic E-state index is -0.196. The van der Waals surface area contributed by atoms with Gasteiger partial charge in [-0.3, -0.25) is 4.79 Å². The van der Waals surface area contributed by atoms with Crippen LogP contribution in [0.15, 0.2) is 90.1 Å². The van der Waals surface area contributed by atoms with E-state index in [0.29, 0.717) is 5.16 Å². The first-order valence-corrected chi connectivity index (χ1v) is 11.1. The Morgan fingerprint density at radius 3 is 2.06 bits per heavy atom. The van der Waals surface area contributed by atoms with Gasteiger partial charge in [-0.15, -0.1) is 10.2 Å². The van der Waals surface area contributed by atoms with Crippen molar-refractivity contribution in [1.29, 1.82) is 0 Å². The Kier molecular flexibility index (Phi) is 6.48. The van der Waals surface area contributed by atoms with Gasteiger partial charge in [0.15, 0.2) is 11.0 Å². The van der Waals surface area contributed by atoms with E-state index in [4.69, 9.17) is 0 Å². The van der Waals surface area contributed by atoms with Gasteiger partial charge in [0, 0.05) is 12.6 Å². The maximum absolute atomic E-state index is 12.8. The van der Waals surface area contributed by atoms with E-state index < -0.39 is 0 Å². The lowest BCUT2D eigenvalue weighted by atomic mass is 9.99. The first kappa shape index (κ1) is 20.9. The summed E-state index contributed by atoms with van der Waals surface area (Å²) in [5.41, 5.74) is 4.30. The third-order valence-corrected chi connectivity index (χ3v) is 6.07. The highest BCUT2D eigenvalue weighted by Crippen LogP contribution is 2.24. The summed E-state index contributed by atoms with van der Waals surface area (Å²) in [7, 11) is 1.92. The Balaban J connectivity index is 1.45. The van der Waals surface area contributed by atoms with Crippen molar-refractivity contribution in [3.8, 4) is 11.4 Å². The molecule has 4 rings (SSSR count). The molecule has 0 aliphatic carbocycles. The summed E-state index contributed by atoms with van der Waals surface area (Å²) in [6, 6.07) is 28.0. The van der Waals surface area contributed by atoms with Gasteiger partial charge in [-0.2, -0.15) is 0 Å². The minimum absolute atomic E-state index is 0.0532. The molecule has 4 aromatic rings. The third-order valence-electron chi connectivity index (χ3n) is 5.05. The lowest BCUT2D eigenvalue weighted by Gasteiger charge is -2.19. The Morgan fingerprint density at radius 1 is 0.903 bits per heavy atom. The van der Waals surface area contributed by atoms with Gasteiger partial charge in [-0.1, -0.05) is 102 Å². The van der Waals surface area contributed by atoms with Gasteiger partial charge in [0.1, 0.15) is 0 Å². The van der Waals surface area contributed by atoms with Crippen LogP contribution in [0.5, 0.6) is 0 Å². The molecule has 0 bridgehead atoms. The molecule has 0 aliphatic heterocycles. The topological polar surface area (TPSA) is 59.8 Å². The second-order valence-corrected chi connectivity index (χ2v) is 8.28. The number of hydrogen-bond donors (Lipinski definition) is 1. The summed E-state index contributed by atoms with van der Waals surface area (Å²) in [6.45, 7) is 2.05. The number of aryl methyl sites for hydroxylation is 1. The summed E-state index contributed by atoms with van der Waals surface area (Å²) in [4.78, 5) is 12.8. The van der Waals surface area contributed by atoms with Crippen LogP contribution in [0.3, 0.4) is 0 Å². The van der Waals surface area contributed by atoms with Gasteiger partial charge in [-0.05, 0) is 18.1 Å². The molecule has 0 atom stereocenters. The number of aromatic nitrogens is 3. The van der Waals surface area contributed by atoms with Crippen molar-refractivity contribution in [2.45, 2.75) is 18.1 Å². The number of benzene rings is 3. The largest absolute Gasteiger partial charge is 0.344 e. The van der Waals surface area contributed by atoms with Gasteiger partial charge in [0.2, 0.25) is 5.91 Å². The van der Waals surface area contributed by atoms with E-state index in [1.54, 1.807) is 0 Å². The fourth-order valence-corrected chi connectivity index (χ4v) is 4.10. The van der Waals surface area contributed by atoms with Crippen LogP contribution in [-0.4, -0.2) is 26.4 Å². The molecular weight excluding hydrogens is 404 g/mol. The van der Waals surface area contributed by atoms with E-state index in [1.807, 2.05) is 84.4 Å². The Morgan fingerprint density at radius 2 is 1.48 bits per heavy atom. The van der Waals surface area contributed by atoms with Crippen LogP contribution in [0, 0.1) is 6.92 Å². The standard InChI is InChI=1S/C25H24N4OS/c1-18-13-15-21(16-14-18)24-27-28-25(29(24)2)31-17-22(30)26-23(19-9-5-3-6-10-19)20-11-7-4-8-12-20/h3-16,23H,17H2,1-2H3,(H,26,30). The number of carbonyl (C=O) groups excluding carboxylic acids is 1. The van der Waals surface area contributed by atoms with Crippen molar-refractivity contribution in [3.05, 3.63) is 102 Å². The van der Waals surface area contributed by atoms with Gasteiger partial charge in [-0.25, -0.2) is 0 Å². The smallest absolute Gasteiger partial charge is 0.231 e. The monoisotopic (exact) mass is 428 g/mol. The summed E-state index contributed by atoms with van der Waals surface area (Å²) < 4.78 is 1.93. The molecule has 1 heterocycles. The average Bonchev–Trinajstić information content (AvgIpc) is 3.18. The summed E-state index contributed by atoms with van der Waals surface area (Å²) in [6.07, 6.45) is 0. The highest BCUT2D eigenvalue weighted by molar-refractivity contribution is 7.99. The molecule has 156 valence electrons. The average molecular weight is 429 g/mol. The van der Waals surface area contributed by atoms with Crippen molar-refractivity contribution in [3.63, 3.8) is 0 Å². The molecule has 1 amide bonds. The Hall–Kier alpha value is -3.38. The fourth-order valence-electron chi connectivity index (χ4n) is 3.38. The predicted octanol–water partition coefficient (Wildman–Crippen LogP) is 4.79. The maximum atomic E-state index is 12.8. The zero-order valence-electron chi connectivity index (χ0n) is 17.5. The van der Waals surface area contributed by atoms with Crippen LogP contribution in [-0.2, 0) is 11.8 Å². The van der Waals surface area contributed by atoms with E-state index in [0.717, 1.165) is 22.5 Å². The molecular formula is C25H24N4OS. The van der Waals surface area contributed by atoms with E-state index in [2.05, 4.69) is 34.6 Å². The number of nitrogens with one attached hydrogen (secondary N) is 1. The van der Waals surface area contributed by atoms with Gasteiger partial charge in [0.05, 0.1) is 11.8 Å². The molecule has 0 spiro atoms. The van der Waals surface area contributed by atoms with Crippen LogP contribution in [0.2, 0.25) is 0 Å². The van der Waals surface area contributed by atoms with Gasteiger partial charge in [0.25, 0.3) is 0 Å².